The third-order valence-corrected chi connectivity index (χ3v) is 5.40. The predicted octanol–water partition coefficient (Wildman–Crippen LogP) is 2.89. The highest BCUT2D eigenvalue weighted by Crippen LogP contribution is 2.36. The number of fused-ring (bicyclic) bond motifs is 1. The molecule has 2 aliphatic heterocycles. The van der Waals surface area contributed by atoms with Gasteiger partial charge in [-0.15, -0.1) is 0 Å². The van der Waals surface area contributed by atoms with Gasteiger partial charge in [-0.3, -0.25) is 4.79 Å². The summed E-state index contributed by atoms with van der Waals surface area (Å²) in [5.74, 6) is 3.09. The average Bonchev–Trinajstić information content (AvgIpc) is 3.48. The van der Waals surface area contributed by atoms with Crippen molar-refractivity contribution in [3.8, 4) is 28.8 Å². The number of hydrogen-bond acceptors (Lipinski definition) is 8. The Hall–Kier alpha value is -3.62. The quantitative estimate of drug-likeness (QED) is 0.650. The number of hydrogen-bond donors (Lipinski definition) is 0. The molecule has 30 heavy (non-hydrogen) atoms. The van der Waals surface area contributed by atoms with Crippen LogP contribution in [0.5, 0.6) is 17.4 Å². The molecule has 0 radical (unpaired) electrons. The minimum atomic E-state index is -0.0322. The Balaban J connectivity index is 1.23. The molecule has 0 saturated carbocycles. The fourth-order valence-corrected chi connectivity index (χ4v) is 3.69. The molecule has 4 heterocycles. The lowest BCUT2D eigenvalue weighted by Crippen LogP contribution is -2.38. The molecule has 5 rings (SSSR count). The maximum atomic E-state index is 12.7. The van der Waals surface area contributed by atoms with Crippen LogP contribution < -0.4 is 14.2 Å². The van der Waals surface area contributed by atoms with E-state index in [1.807, 2.05) is 23.1 Å². The van der Waals surface area contributed by atoms with Crippen LogP contribution in [0.15, 0.2) is 41.1 Å². The van der Waals surface area contributed by atoms with Crippen LogP contribution in [-0.2, 0) is 0 Å². The molecular weight excluding hydrogens is 388 g/mol. The average molecular weight is 408 g/mol. The molecule has 9 nitrogen and oxygen atoms in total. The standard InChI is InChI=1S/C21H20N4O5/c1-27-18-5-3-15(11-22-18)21(26)25-8-6-13(7-9-25)20-23-19(24-30-20)14-2-4-16-17(10-14)29-12-28-16/h2-5,10-11,13H,6-9,12H2,1H3. The number of pyridine rings is 1. The van der Waals surface area contributed by atoms with E-state index in [1.165, 1.54) is 0 Å². The number of carbonyl (C=O) groups is 1. The molecule has 2 aromatic heterocycles. The zero-order valence-electron chi connectivity index (χ0n) is 16.4. The number of ether oxygens (including phenoxy) is 3. The van der Waals surface area contributed by atoms with E-state index in [4.69, 9.17) is 18.7 Å². The highest BCUT2D eigenvalue weighted by Gasteiger charge is 2.28. The highest BCUT2D eigenvalue weighted by molar-refractivity contribution is 5.94. The Kier molecular flexibility index (Phi) is 4.70. The van der Waals surface area contributed by atoms with Crippen molar-refractivity contribution in [2.75, 3.05) is 27.0 Å². The summed E-state index contributed by atoms with van der Waals surface area (Å²) in [4.78, 5) is 23.2. The van der Waals surface area contributed by atoms with Crippen LogP contribution in [0.3, 0.4) is 0 Å². The molecule has 0 bridgehead atoms. The number of carbonyl (C=O) groups excluding carboxylic acids is 1. The van der Waals surface area contributed by atoms with Gasteiger partial charge < -0.3 is 23.6 Å². The van der Waals surface area contributed by atoms with Crippen LogP contribution in [-0.4, -0.2) is 52.9 Å². The largest absolute Gasteiger partial charge is 0.481 e. The molecule has 1 amide bonds. The zero-order chi connectivity index (χ0) is 20.5. The predicted molar refractivity (Wildman–Crippen MR) is 105 cm³/mol. The monoisotopic (exact) mass is 408 g/mol. The minimum absolute atomic E-state index is 0.0322. The lowest BCUT2D eigenvalue weighted by atomic mass is 9.96. The molecule has 3 aromatic rings. The van der Waals surface area contributed by atoms with Gasteiger partial charge in [-0.25, -0.2) is 4.98 Å². The SMILES string of the molecule is COc1ccc(C(=O)N2CCC(c3nc(-c4ccc5c(c4)OCO5)no3)CC2)cn1. The first-order chi connectivity index (χ1) is 14.7. The van der Waals surface area contributed by atoms with Gasteiger partial charge in [0.05, 0.1) is 12.7 Å². The van der Waals surface area contributed by atoms with Gasteiger partial charge in [0.1, 0.15) is 0 Å². The second-order valence-electron chi connectivity index (χ2n) is 7.18. The third-order valence-electron chi connectivity index (χ3n) is 5.40. The van der Waals surface area contributed by atoms with Crippen LogP contribution in [0, 0.1) is 0 Å². The summed E-state index contributed by atoms with van der Waals surface area (Å²) in [7, 11) is 1.55. The smallest absolute Gasteiger partial charge is 0.255 e. The Morgan fingerprint density at radius 2 is 1.97 bits per heavy atom. The first kappa shape index (κ1) is 18.4. The van der Waals surface area contributed by atoms with Gasteiger partial charge in [0.2, 0.25) is 24.4 Å². The third kappa shape index (κ3) is 3.42. The summed E-state index contributed by atoms with van der Waals surface area (Å²) >= 11 is 0. The topological polar surface area (TPSA) is 99.8 Å². The second kappa shape index (κ2) is 7.66. The van der Waals surface area contributed by atoms with Crippen molar-refractivity contribution in [1.82, 2.24) is 20.0 Å². The van der Waals surface area contributed by atoms with Gasteiger partial charge in [-0.05, 0) is 37.1 Å². The Morgan fingerprint density at radius 1 is 1.13 bits per heavy atom. The summed E-state index contributed by atoms with van der Waals surface area (Å²) in [6.45, 7) is 1.47. The van der Waals surface area contributed by atoms with E-state index in [1.54, 1.807) is 25.4 Å². The van der Waals surface area contributed by atoms with E-state index < -0.39 is 0 Å². The summed E-state index contributed by atoms with van der Waals surface area (Å²) in [6.07, 6.45) is 3.07. The van der Waals surface area contributed by atoms with Crippen LogP contribution >= 0.6 is 0 Å². The number of methoxy groups -OCH3 is 1. The van der Waals surface area contributed by atoms with E-state index in [-0.39, 0.29) is 18.6 Å². The van der Waals surface area contributed by atoms with E-state index in [0.29, 0.717) is 47.7 Å². The van der Waals surface area contributed by atoms with Crippen molar-refractivity contribution in [2.24, 2.45) is 0 Å². The van der Waals surface area contributed by atoms with Crippen molar-refractivity contribution >= 4 is 5.91 Å². The molecule has 0 aliphatic carbocycles. The maximum Gasteiger partial charge on any atom is 0.255 e. The summed E-state index contributed by atoms with van der Waals surface area (Å²) in [5.41, 5.74) is 1.37. The Bertz CT molecular complexity index is 1060. The molecule has 0 N–H and O–H groups in total. The zero-order valence-corrected chi connectivity index (χ0v) is 16.4. The number of amides is 1. The van der Waals surface area contributed by atoms with Crippen LogP contribution in [0.1, 0.15) is 35.0 Å². The number of rotatable bonds is 4. The Morgan fingerprint density at radius 3 is 2.73 bits per heavy atom. The number of piperidine rings is 1. The molecule has 1 fully saturated rings. The van der Waals surface area contributed by atoms with Gasteiger partial charge in [0, 0.05) is 36.8 Å². The number of likely N-dealkylation sites (tertiary alicyclic amines) is 1. The van der Waals surface area contributed by atoms with E-state index in [9.17, 15) is 4.79 Å². The van der Waals surface area contributed by atoms with Gasteiger partial charge in [-0.2, -0.15) is 4.98 Å². The fourth-order valence-electron chi connectivity index (χ4n) is 3.69. The van der Waals surface area contributed by atoms with Gasteiger partial charge in [0.15, 0.2) is 11.5 Å². The minimum Gasteiger partial charge on any atom is -0.481 e. The van der Waals surface area contributed by atoms with Crippen LogP contribution in [0.4, 0.5) is 0 Å². The molecule has 0 atom stereocenters. The van der Waals surface area contributed by atoms with Gasteiger partial charge in [0.25, 0.3) is 5.91 Å². The van der Waals surface area contributed by atoms with Crippen molar-refractivity contribution in [3.63, 3.8) is 0 Å². The van der Waals surface area contributed by atoms with Crippen molar-refractivity contribution in [3.05, 3.63) is 48.0 Å². The summed E-state index contributed by atoms with van der Waals surface area (Å²) in [6, 6.07) is 8.99. The van der Waals surface area contributed by atoms with Crippen molar-refractivity contribution in [1.29, 1.82) is 0 Å². The van der Waals surface area contributed by atoms with Gasteiger partial charge in [-0.1, -0.05) is 5.16 Å². The number of nitrogens with zero attached hydrogens (tertiary/aromatic N) is 4. The van der Waals surface area contributed by atoms with E-state index in [2.05, 4.69) is 15.1 Å². The van der Waals surface area contributed by atoms with Gasteiger partial charge >= 0.3 is 0 Å². The number of benzene rings is 1. The Labute approximate surface area is 172 Å². The first-order valence-electron chi connectivity index (χ1n) is 9.74. The normalized spacial score (nSPS) is 16.0. The molecule has 1 aromatic carbocycles. The second-order valence-corrected chi connectivity index (χ2v) is 7.18. The van der Waals surface area contributed by atoms with Crippen molar-refractivity contribution in [2.45, 2.75) is 18.8 Å². The fraction of sp³-hybridized carbons (Fsp3) is 0.333. The lowest BCUT2D eigenvalue weighted by Gasteiger charge is -2.30. The molecule has 0 spiro atoms. The molecule has 2 aliphatic rings. The first-order valence-corrected chi connectivity index (χ1v) is 9.74. The van der Waals surface area contributed by atoms with E-state index >= 15 is 0 Å². The number of aromatic nitrogens is 3. The van der Waals surface area contributed by atoms with Crippen LogP contribution in [0.25, 0.3) is 11.4 Å². The lowest BCUT2D eigenvalue weighted by molar-refractivity contribution is 0.0704. The molecule has 1 saturated heterocycles. The summed E-state index contributed by atoms with van der Waals surface area (Å²) < 4.78 is 21.3. The van der Waals surface area contributed by atoms with Crippen molar-refractivity contribution < 1.29 is 23.5 Å². The molecule has 154 valence electrons. The molecule has 0 unspecified atom stereocenters. The molecule has 9 heteroatoms. The van der Waals surface area contributed by atoms with E-state index in [0.717, 1.165) is 18.4 Å². The maximum absolute atomic E-state index is 12.7. The highest BCUT2D eigenvalue weighted by atomic mass is 16.7. The molecular formula is C21H20N4O5. The summed E-state index contributed by atoms with van der Waals surface area (Å²) in [5, 5.41) is 4.12. The van der Waals surface area contributed by atoms with Crippen LogP contribution in [0.2, 0.25) is 0 Å².